The molecule has 6 nitrogen and oxygen atoms in total. The molecule has 2 saturated heterocycles. The highest BCUT2D eigenvalue weighted by Crippen LogP contribution is 2.37. The van der Waals surface area contributed by atoms with Gasteiger partial charge in [0.05, 0.1) is 41.9 Å². The lowest BCUT2D eigenvalue weighted by Crippen LogP contribution is -2.35. The highest BCUT2D eigenvalue weighted by atomic mass is 19.1. The van der Waals surface area contributed by atoms with Gasteiger partial charge in [0, 0.05) is 17.7 Å². The van der Waals surface area contributed by atoms with Crippen LogP contribution in [0, 0.1) is 29.9 Å². The van der Waals surface area contributed by atoms with Crippen molar-refractivity contribution in [1.82, 2.24) is 14.5 Å². The Balaban J connectivity index is 1.14. The fraction of sp³-hybridized carbons (Fsp3) is 0.375. The molecule has 0 aliphatic carbocycles. The van der Waals surface area contributed by atoms with E-state index in [0.717, 1.165) is 74.5 Å². The molecule has 0 N–H and O–H groups in total. The van der Waals surface area contributed by atoms with Gasteiger partial charge in [-0.2, -0.15) is 5.26 Å². The summed E-state index contributed by atoms with van der Waals surface area (Å²) in [6.45, 7) is 6.09. The number of aryl methyl sites for hydroxylation is 1. The summed E-state index contributed by atoms with van der Waals surface area (Å²) in [6, 6.07) is 17.5. The number of para-hydroxylation sites is 1. The number of likely N-dealkylation sites (tertiary alicyclic amines) is 1. The van der Waals surface area contributed by atoms with Crippen molar-refractivity contribution in [2.24, 2.45) is 0 Å². The van der Waals surface area contributed by atoms with E-state index in [9.17, 15) is 8.78 Å². The molecular weight excluding hydrogens is 510 g/mol. The van der Waals surface area contributed by atoms with Crippen molar-refractivity contribution in [3.63, 3.8) is 0 Å². The molecule has 0 spiro atoms. The molecule has 0 saturated carbocycles. The van der Waals surface area contributed by atoms with Crippen LogP contribution in [0.1, 0.15) is 53.3 Å². The summed E-state index contributed by atoms with van der Waals surface area (Å²) < 4.78 is 43.2. The van der Waals surface area contributed by atoms with Gasteiger partial charge >= 0.3 is 0 Å². The van der Waals surface area contributed by atoms with Crippen LogP contribution in [-0.4, -0.2) is 40.3 Å². The van der Waals surface area contributed by atoms with Crippen molar-refractivity contribution in [3.8, 4) is 11.8 Å². The van der Waals surface area contributed by atoms with Gasteiger partial charge in [-0.1, -0.05) is 24.3 Å². The third-order valence-electron chi connectivity index (χ3n) is 8.11. The standard InChI is InChI=1S/C32H32F2N4O2/c1-21-5-8-29-30(15-21)38(18-25-11-14-39-25)31(36-29)19-37-12-9-23(10-13-37)26-3-2-4-27(33)32(26)40-20-24-7-6-22(17-35)16-28(24)34/h2-8,15-16,23,25H,9-14,18-20H2,1H3/t25-/m0/s1. The summed E-state index contributed by atoms with van der Waals surface area (Å²) in [4.78, 5) is 7.39. The quantitative estimate of drug-likeness (QED) is 0.264. The zero-order valence-electron chi connectivity index (χ0n) is 22.6. The van der Waals surface area contributed by atoms with Crippen LogP contribution in [0.2, 0.25) is 0 Å². The molecule has 0 amide bonds. The molecule has 0 radical (unpaired) electrons. The van der Waals surface area contributed by atoms with E-state index in [0.29, 0.717) is 0 Å². The minimum absolute atomic E-state index is 0.106. The van der Waals surface area contributed by atoms with E-state index in [1.807, 2.05) is 12.1 Å². The van der Waals surface area contributed by atoms with Crippen LogP contribution in [0.5, 0.6) is 5.75 Å². The highest BCUT2D eigenvalue weighted by molar-refractivity contribution is 5.77. The molecule has 2 fully saturated rings. The minimum Gasteiger partial charge on any atom is -0.485 e. The van der Waals surface area contributed by atoms with E-state index in [2.05, 4.69) is 34.6 Å². The Morgan fingerprint density at radius 3 is 2.60 bits per heavy atom. The molecule has 2 aliphatic heterocycles. The molecule has 0 bridgehead atoms. The molecule has 206 valence electrons. The van der Waals surface area contributed by atoms with Gasteiger partial charge in [0.25, 0.3) is 0 Å². The maximum atomic E-state index is 14.9. The first-order valence-corrected chi connectivity index (χ1v) is 13.9. The van der Waals surface area contributed by atoms with Crippen molar-refractivity contribution in [3.05, 3.63) is 94.3 Å². The van der Waals surface area contributed by atoms with Gasteiger partial charge in [0.15, 0.2) is 11.6 Å². The summed E-state index contributed by atoms with van der Waals surface area (Å²) in [6.07, 6.45) is 3.03. The summed E-state index contributed by atoms with van der Waals surface area (Å²) in [5.41, 5.74) is 4.72. The van der Waals surface area contributed by atoms with Gasteiger partial charge in [0.2, 0.25) is 0 Å². The Labute approximate surface area is 232 Å². The number of nitriles is 1. The number of fused-ring (bicyclic) bond motifs is 1. The number of imidazole rings is 1. The number of nitrogens with zero attached hydrogens (tertiary/aromatic N) is 4. The third-order valence-corrected chi connectivity index (χ3v) is 8.11. The van der Waals surface area contributed by atoms with Crippen LogP contribution >= 0.6 is 0 Å². The van der Waals surface area contributed by atoms with Crippen molar-refractivity contribution < 1.29 is 18.3 Å². The maximum absolute atomic E-state index is 14.9. The van der Waals surface area contributed by atoms with Gasteiger partial charge in [-0.05, 0) is 81.1 Å². The lowest BCUT2D eigenvalue weighted by molar-refractivity contribution is -0.0592. The highest BCUT2D eigenvalue weighted by Gasteiger charge is 2.27. The zero-order valence-corrected chi connectivity index (χ0v) is 22.6. The van der Waals surface area contributed by atoms with E-state index < -0.39 is 11.6 Å². The van der Waals surface area contributed by atoms with E-state index in [1.165, 1.54) is 29.8 Å². The smallest absolute Gasteiger partial charge is 0.165 e. The lowest BCUT2D eigenvalue weighted by Gasteiger charge is -2.33. The van der Waals surface area contributed by atoms with Gasteiger partial charge in [0.1, 0.15) is 18.2 Å². The minimum atomic E-state index is -0.532. The van der Waals surface area contributed by atoms with Gasteiger partial charge < -0.3 is 14.0 Å². The topological polar surface area (TPSA) is 63.3 Å². The van der Waals surface area contributed by atoms with Crippen LogP contribution in [-0.2, 0) is 24.4 Å². The molecular formula is C32H32F2N4O2. The van der Waals surface area contributed by atoms with Crippen LogP contribution < -0.4 is 4.74 Å². The second-order valence-electron chi connectivity index (χ2n) is 10.8. The predicted octanol–water partition coefficient (Wildman–Crippen LogP) is 6.24. The first-order chi connectivity index (χ1) is 19.5. The Kier molecular flexibility index (Phi) is 7.50. The molecule has 1 atom stereocenters. The molecule has 40 heavy (non-hydrogen) atoms. The molecule has 6 rings (SSSR count). The average molecular weight is 543 g/mol. The number of halogens is 2. The van der Waals surface area contributed by atoms with Crippen LogP contribution in [0.3, 0.4) is 0 Å². The Morgan fingerprint density at radius 2 is 1.88 bits per heavy atom. The van der Waals surface area contributed by atoms with E-state index in [4.69, 9.17) is 19.7 Å². The molecule has 8 heteroatoms. The molecule has 3 aromatic carbocycles. The second-order valence-corrected chi connectivity index (χ2v) is 10.8. The van der Waals surface area contributed by atoms with Crippen molar-refractivity contribution in [2.75, 3.05) is 19.7 Å². The third kappa shape index (κ3) is 5.45. The molecule has 2 aliphatic rings. The lowest BCUT2D eigenvalue weighted by atomic mass is 9.88. The normalized spacial score (nSPS) is 18.0. The van der Waals surface area contributed by atoms with Gasteiger partial charge in [-0.15, -0.1) is 0 Å². The van der Waals surface area contributed by atoms with Crippen molar-refractivity contribution >= 4 is 11.0 Å². The SMILES string of the molecule is Cc1ccc2nc(CN3CCC(c4cccc(F)c4OCc4ccc(C#N)cc4F)CC3)n(C[C@@H]3CCO3)c2c1. The summed E-state index contributed by atoms with van der Waals surface area (Å²) >= 11 is 0. The number of aromatic nitrogens is 2. The number of hydrogen-bond acceptors (Lipinski definition) is 5. The maximum Gasteiger partial charge on any atom is 0.165 e. The van der Waals surface area contributed by atoms with E-state index in [1.54, 1.807) is 6.07 Å². The Morgan fingerprint density at radius 1 is 1.05 bits per heavy atom. The largest absolute Gasteiger partial charge is 0.485 e. The van der Waals surface area contributed by atoms with E-state index >= 15 is 0 Å². The van der Waals surface area contributed by atoms with Crippen LogP contribution in [0.25, 0.3) is 11.0 Å². The fourth-order valence-corrected chi connectivity index (χ4v) is 5.72. The summed E-state index contributed by atoms with van der Waals surface area (Å²) in [5, 5.41) is 8.97. The Bertz CT molecular complexity index is 1570. The summed E-state index contributed by atoms with van der Waals surface area (Å²) in [7, 11) is 0. The van der Waals surface area contributed by atoms with Gasteiger partial charge in [-0.25, -0.2) is 13.8 Å². The number of benzene rings is 3. The van der Waals surface area contributed by atoms with Crippen molar-refractivity contribution in [2.45, 2.75) is 57.9 Å². The second kappa shape index (κ2) is 11.4. The van der Waals surface area contributed by atoms with Crippen molar-refractivity contribution in [1.29, 1.82) is 5.26 Å². The number of rotatable bonds is 8. The first-order valence-electron chi connectivity index (χ1n) is 13.9. The number of piperidine rings is 1. The molecule has 0 unspecified atom stereocenters. The van der Waals surface area contributed by atoms with Crippen LogP contribution in [0.4, 0.5) is 8.78 Å². The molecule has 1 aromatic heterocycles. The fourth-order valence-electron chi connectivity index (χ4n) is 5.72. The Hall–Kier alpha value is -3.80. The van der Waals surface area contributed by atoms with E-state index in [-0.39, 0.29) is 35.5 Å². The number of hydrogen-bond donors (Lipinski definition) is 0. The van der Waals surface area contributed by atoms with Crippen LogP contribution in [0.15, 0.2) is 54.6 Å². The summed E-state index contributed by atoms with van der Waals surface area (Å²) in [5.74, 6) is 0.389. The monoisotopic (exact) mass is 542 g/mol. The molecule has 3 heterocycles. The number of ether oxygens (including phenoxy) is 2. The zero-order chi connectivity index (χ0) is 27.6. The first kappa shape index (κ1) is 26.4. The average Bonchev–Trinajstić information content (AvgIpc) is 3.26. The molecule has 4 aromatic rings. The van der Waals surface area contributed by atoms with Gasteiger partial charge in [-0.3, -0.25) is 4.90 Å². The predicted molar refractivity (Wildman–Crippen MR) is 148 cm³/mol.